The quantitative estimate of drug-likeness (QED) is 0.715. The summed E-state index contributed by atoms with van der Waals surface area (Å²) in [6.07, 6.45) is 1.81. The molecule has 1 aromatic heterocycles. The van der Waals surface area contributed by atoms with Gasteiger partial charge in [0, 0.05) is 20.5 Å². The van der Waals surface area contributed by atoms with Gasteiger partial charge in [-0.25, -0.2) is 0 Å². The van der Waals surface area contributed by atoms with Crippen molar-refractivity contribution in [1.82, 2.24) is 4.98 Å². The molecule has 0 saturated carbocycles. The fourth-order valence-electron chi connectivity index (χ4n) is 1.31. The van der Waals surface area contributed by atoms with Gasteiger partial charge in [0.15, 0.2) is 0 Å². The van der Waals surface area contributed by atoms with E-state index in [1.165, 1.54) is 10.9 Å². The smallest absolute Gasteiger partial charge is 0.0847 e. The Balaban J connectivity index is 2.97. The second-order valence-electron chi connectivity index (χ2n) is 2.86. The summed E-state index contributed by atoms with van der Waals surface area (Å²) in [4.78, 5) is 4.31. The maximum Gasteiger partial charge on any atom is 0.0847 e. The van der Waals surface area contributed by atoms with Crippen LogP contribution >= 0.6 is 31.9 Å². The zero-order valence-corrected chi connectivity index (χ0v) is 10.2. The summed E-state index contributed by atoms with van der Waals surface area (Å²) in [5, 5.41) is 1.18. The fraction of sp³-hybridized carbons (Fsp3) is 0.100. The molecular weight excluding hydrogens is 294 g/mol. The van der Waals surface area contributed by atoms with E-state index in [9.17, 15) is 0 Å². The highest BCUT2D eigenvalue weighted by Gasteiger charge is 2.05. The normalized spacial score (nSPS) is 10.7. The SMILES string of the molecule is Cc1c(Br)cc(Br)c2ncccc12. The zero-order chi connectivity index (χ0) is 9.42. The Morgan fingerprint density at radius 1 is 1.23 bits per heavy atom. The van der Waals surface area contributed by atoms with Gasteiger partial charge in [0.05, 0.1) is 5.52 Å². The molecule has 1 nitrogen and oxygen atoms in total. The van der Waals surface area contributed by atoms with Gasteiger partial charge in [-0.05, 0) is 40.5 Å². The number of rotatable bonds is 0. The van der Waals surface area contributed by atoms with Gasteiger partial charge in [0.25, 0.3) is 0 Å². The van der Waals surface area contributed by atoms with Crippen molar-refractivity contribution in [3.8, 4) is 0 Å². The summed E-state index contributed by atoms with van der Waals surface area (Å²) < 4.78 is 2.14. The molecule has 66 valence electrons. The molecule has 1 aromatic carbocycles. The van der Waals surface area contributed by atoms with Crippen LogP contribution < -0.4 is 0 Å². The Morgan fingerprint density at radius 3 is 2.77 bits per heavy atom. The first-order valence-corrected chi connectivity index (χ1v) is 5.48. The maximum atomic E-state index is 4.31. The Hall–Kier alpha value is -0.410. The van der Waals surface area contributed by atoms with E-state index in [1.807, 2.05) is 12.1 Å². The number of hydrogen-bond donors (Lipinski definition) is 0. The van der Waals surface area contributed by atoms with Crippen LogP contribution in [0.3, 0.4) is 0 Å². The van der Waals surface area contributed by atoms with Crippen molar-refractivity contribution >= 4 is 42.8 Å². The summed E-state index contributed by atoms with van der Waals surface area (Å²) >= 11 is 7.00. The molecule has 0 saturated heterocycles. The minimum Gasteiger partial charge on any atom is -0.255 e. The van der Waals surface area contributed by atoms with E-state index < -0.39 is 0 Å². The molecule has 0 N–H and O–H groups in total. The number of aromatic nitrogens is 1. The Labute approximate surface area is 93.4 Å². The molecule has 2 aromatic rings. The van der Waals surface area contributed by atoms with Crippen LogP contribution in [0.4, 0.5) is 0 Å². The molecular formula is C10H7Br2N. The van der Waals surface area contributed by atoms with Gasteiger partial charge in [-0.15, -0.1) is 0 Å². The highest BCUT2D eigenvalue weighted by Crippen LogP contribution is 2.30. The van der Waals surface area contributed by atoms with Gasteiger partial charge in [-0.2, -0.15) is 0 Å². The second kappa shape index (κ2) is 3.39. The van der Waals surface area contributed by atoms with E-state index in [2.05, 4.69) is 49.8 Å². The maximum absolute atomic E-state index is 4.31. The first-order valence-electron chi connectivity index (χ1n) is 3.89. The van der Waals surface area contributed by atoms with Crippen LogP contribution in [0.2, 0.25) is 0 Å². The van der Waals surface area contributed by atoms with Crippen LogP contribution in [-0.4, -0.2) is 4.98 Å². The van der Waals surface area contributed by atoms with Gasteiger partial charge < -0.3 is 0 Å². The molecule has 0 unspecified atom stereocenters. The van der Waals surface area contributed by atoms with Crippen molar-refractivity contribution in [3.05, 3.63) is 38.9 Å². The van der Waals surface area contributed by atoms with Crippen molar-refractivity contribution in [3.63, 3.8) is 0 Å². The Bertz CT molecular complexity index is 466. The molecule has 3 heteroatoms. The molecule has 0 aliphatic carbocycles. The molecule has 0 aliphatic rings. The topological polar surface area (TPSA) is 12.9 Å². The summed E-state index contributed by atoms with van der Waals surface area (Å²) in [6, 6.07) is 6.06. The minimum absolute atomic E-state index is 1.02. The minimum atomic E-state index is 1.02. The molecule has 0 bridgehead atoms. The molecule has 0 amide bonds. The van der Waals surface area contributed by atoms with Crippen molar-refractivity contribution < 1.29 is 0 Å². The third-order valence-corrected chi connectivity index (χ3v) is 3.48. The molecule has 0 fully saturated rings. The summed E-state index contributed by atoms with van der Waals surface area (Å²) in [5.74, 6) is 0. The number of halogens is 2. The van der Waals surface area contributed by atoms with Crippen LogP contribution in [-0.2, 0) is 0 Å². The molecule has 0 spiro atoms. The van der Waals surface area contributed by atoms with Crippen molar-refractivity contribution in [2.24, 2.45) is 0 Å². The number of fused-ring (bicyclic) bond motifs is 1. The average Bonchev–Trinajstić information content (AvgIpc) is 2.15. The second-order valence-corrected chi connectivity index (χ2v) is 4.57. The van der Waals surface area contributed by atoms with Gasteiger partial charge >= 0.3 is 0 Å². The van der Waals surface area contributed by atoms with E-state index in [-0.39, 0.29) is 0 Å². The van der Waals surface area contributed by atoms with Gasteiger partial charge in [0.2, 0.25) is 0 Å². The van der Waals surface area contributed by atoms with Crippen LogP contribution in [0, 0.1) is 6.92 Å². The largest absolute Gasteiger partial charge is 0.255 e. The van der Waals surface area contributed by atoms with Crippen LogP contribution in [0.25, 0.3) is 10.9 Å². The van der Waals surface area contributed by atoms with Gasteiger partial charge in [-0.1, -0.05) is 22.0 Å². The van der Waals surface area contributed by atoms with E-state index in [1.54, 1.807) is 6.20 Å². The standard InChI is InChI=1S/C10H7Br2N/c1-6-7-3-2-4-13-10(7)9(12)5-8(6)11/h2-5H,1H3. The zero-order valence-electron chi connectivity index (χ0n) is 7.01. The molecule has 13 heavy (non-hydrogen) atoms. The van der Waals surface area contributed by atoms with E-state index in [0.29, 0.717) is 0 Å². The van der Waals surface area contributed by atoms with Crippen LogP contribution in [0.15, 0.2) is 33.3 Å². The summed E-state index contributed by atoms with van der Waals surface area (Å²) in [6.45, 7) is 2.08. The van der Waals surface area contributed by atoms with Gasteiger partial charge in [-0.3, -0.25) is 4.98 Å². The van der Waals surface area contributed by atoms with E-state index in [0.717, 1.165) is 14.5 Å². The number of pyridine rings is 1. The predicted octanol–water partition coefficient (Wildman–Crippen LogP) is 4.07. The highest BCUT2D eigenvalue weighted by molar-refractivity contribution is 9.11. The Kier molecular flexibility index (Phi) is 2.39. The lowest BCUT2D eigenvalue weighted by Crippen LogP contribution is -1.84. The third-order valence-electron chi connectivity index (χ3n) is 2.05. The number of nitrogens with zero attached hydrogens (tertiary/aromatic N) is 1. The Morgan fingerprint density at radius 2 is 2.00 bits per heavy atom. The first-order chi connectivity index (χ1) is 6.20. The molecule has 2 rings (SSSR count). The monoisotopic (exact) mass is 299 g/mol. The fourth-order valence-corrected chi connectivity index (χ4v) is 2.61. The predicted molar refractivity (Wildman–Crippen MR) is 61.9 cm³/mol. The van der Waals surface area contributed by atoms with Crippen LogP contribution in [0.5, 0.6) is 0 Å². The first kappa shape index (κ1) is 9.16. The molecule has 0 atom stereocenters. The van der Waals surface area contributed by atoms with Crippen molar-refractivity contribution in [2.45, 2.75) is 6.92 Å². The lowest BCUT2D eigenvalue weighted by molar-refractivity contribution is 1.37. The number of hydrogen-bond acceptors (Lipinski definition) is 1. The van der Waals surface area contributed by atoms with Crippen LogP contribution in [0.1, 0.15) is 5.56 Å². The van der Waals surface area contributed by atoms with Crippen molar-refractivity contribution in [1.29, 1.82) is 0 Å². The number of aryl methyl sites for hydroxylation is 1. The summed E-state index contributed by atoms with van der Waals surface area (Å²) in [7, 11) is 0. The summed E-state index contributed by atoms with van der Waals surface area (Å²) in [5.41, 5.74) is 2.24. The third kappa shape index (κ3) is 1.51. The van der Waals surface area contributed by atoms with Crippen molar-refractivity contribution in [2.75, 3.05) is 0 Å². The molecule has 0 aliphatic heterocycles. The van der Waals surface area contributed by atoms with Gasteiger partial charge in [0.1, 0.15) is 0 Å². The van der Waals surface area contributed by atoms with E-state index in [4.69, 9.17) is 0 Å². The number of benzene rings is 1. The molecule has 1 heterocycles. The average molecular weight is 301 g/mol. The molecule has 0 radical (unpaired) electrons. The lowest BCUT2D eigenvalue weighted by Gasteiger charge is -2.05. The lowest BCUT2D eigenvalue weighted by atomic mass is 10.1. The van der Waals surface area contributed by atoms with E-state index >= 15 is 0 Å². The highest BCUT2D eigenvalue weighted by atomic mass is 79.9.